The van der Waals surface area contributed by atoms with Crippen molar-refractivity contribution in [1.29, 1.82) is 0 Å². The second kappa shape index (κ2) is 9.96. The summed E-state index contributed by atoms with van der Waals surface area (Å²) in [6, 6.07) is 32.3. The smallest absolute Gasteiger partial charge is 0.162 e. The van der Waals surface area contributed by atoms with E-state index in [2.05, 4.69) is 28.5 Å². The third-order valence-electron chi connectivity index (χ3n) is 5.53. The zero-order chi connectivity index (χ0) is 23.2. The molecule has 0 aliphatic rings. The first-order valence-corrected chi connectivity index (χ1v) is 11.1. The average Bonchev–Trinajstić information content (AvgIpc) is 2.93. The SMILES string of the molecule is COc1ccc(-c2cncc(-c3cc(NCc4ccccc4)nc(-c4ccccc4)n3)c2)cc1. The lowest BCUT2D eigenvalue weighted by Gasteiger charge is -2.11. The molecule has 0 saturated carbocycles. The number of nitrogens with zero attached hydrogens (tertiary/aromatic N) is 3. The van der Waals surface area contributed by atoms with Crippen molar-refractivity contribution < 1.29 is 4.74 Å². The fourth-order valence-corrected chi connectivity index (χ4v) is 3.71. The summed E-state index contributed by atoms with van der Waals surface area (Å²) in [6.07, 6.45) is 3.70. The van der Waals surface area contributed by atoms with Crippen LogP contribution in [0.1, 0.15) is 5.56 Å². The minimum atomic E-state index is 0.670. The van der Waals surface area contributed by atoms with Crippen LogP contribution in [0.4, 0.5) is 5.82 Å². The molecule has 5 nitrogen and oxygen atoms in total. The second-order valence-electron chi connectivity index (χ2n) is 7.86. The summed E-state index contributed by atoms with van der Waals surface area (Å²) < 4.78 is 5.28. The summed E-state index contributed by atoms with van der Waals surface area (Å²) >= 11 is 0. The highest BCUT2D eigenvalue weighted by molar-refractivity contribution is 5.73. The molecule has 0 spiro atoms. The third kappa shape index (κ3) is 4.94. The molecule has 166 valence electrons. The molecule has 0 unspecified atom stereocenters. The summed E-state index contributed by atoms with van der Waals surface area (Å²) in [5.41, 5.74) is 5.97. The predicted molar refractivity (Wildman–Crippen MR) is 136 cm³/mol. The van der Waals surface area contributed by atoms with Crippen LogP contribution in [-0.4, -0.2) is 22.1 Å². The zero-order valence-electron chi connectivity index (χ0n) is 18.8. The first kappa shape index (κ1) is 21.3. The maximum atomic E-state index is 5.28. The summed E-state index contributed by atoms with van der Waals surface area (Å²) in [5, 5.41) is 3.45. The lowest BCUT2D eigenvalue weighted by atomic mass is 10.0. The Morgan fingerprint density at radius 1 is 0.676 bits per heavy atom. The van der Waals surface area contributed by atoms with E-state index in [-0.39, 0.29) is 0 Å². The Morgan fingerprint density at radius 3 is 2.12 bits per heavy atom. The number of rotatable bonds is 7. The van der Waals surface area contributed by atoms with Gasteiger partial charge < -0.3 is 10.1 Å². The molecule has 5 rings (SSSR count). The van der Waals surface area contributed by atoms with Crippen molar-refractivity contribution in [2.24, 2.45) is 0 Å². The Kier molecular flexibility index (Phi) is 6.25. The van der Waals surface area contributed by atoms with Gasteiger partial charge in [0.05, 0.1) is 12.8 Å². The molecule has 0 atom stereocenters. The van der Waals surface area contributed by atoms with E-state index in [1.165, 1.54) is 5.56 Å². The molecule has 0 fully saturated rings. The van der Waals surface area contributed by atoms with E-state index in [1.807, 2.05) is 91.3 Å². The van der Waals surface area contributed by atoms with Crippen molar-refractivity contribution in [1.82, 2.24) is 15.0 Å². The van der Waals surface area contributed by atoms with Gasteiger partial charge in [-0.1, -0.05) is 72.8 Å². The van der Waals surface area contributed by atoms with Crippen LogP contribution in [0.15, 0.2) is 109 Å². The number of ether oxygens (including phenoxy) is 1. The van der Waals surface area contributed by atoms with Crippen LogP contribution in [0.25, 0.3) is 33.8 Å². The summed E-state index contributed by atoms with van der Waals surface area (Å²) in [5.74, 6) is 2.26. The maximum absolute atomic E-state index is 5.28. The van der Waals surface area contributed by atoms with Gasteiger partial charge in [-0.05, 0) is 29.3 Å². The lowest BCUT2D eigenvalue weighted by molar-refractivity contribution is 0.415. The molecule has 2 aromatic heterocycles. The van der Waals surface area contributed by atoms with Crippen molar-refractivity contribution in [3.63, 3.8) is 0 Å². The van der Waals surface area contributed by atoms with Crippen LogP contribution < -0.4 is 10.1 Å². The van der Waals surface area contributed by atoms with E-state index < -0.39 is 0 Å². The van der Waals surface area contributed by atoms with Crippen LogP contribution in [0.3, 0.4) is 0 Å². The molecule has 34 heavy (non-hydrogen) atoms. The molecule has 0 saturated heterocycles. The Labute approximate surface area is 199 Å². The summed E-state index contributed by atoms with van der Waals surface area (Å²) in [6.45, 7) is 0.676. The lowest BCUT2D eigenvalue weighted by Crippen LogP contribution is -2.04. The van der Waals surface area contributed by atoms with Crippen molar-refractivity contribution in [2.75, 3.05) is 12.4 Å². The van der Waals surface area contributed by atoms with E-state index in [9.17, 15) is 0 Å². The standard InChI is InChI=1S/C29H24N4O/c1-34-26-14-12-22(13-15-26)24-16-25(20-30-19-24)27-17-28(31-18-21-8-4-2-5-9-21)33-29(32-27)23-10-6-3-7-11-23/h2-17,19-20H,18H2,1H3,(H,31,32,33). The minimum Gasteiger partial charge on any atom is -0.497 e. The van der Waals surface area contributed by atoms with Crippen molar-refractivity contribution in [3.8, 4) is 39.5 Å². The van der Waals surface area contributed by atoms with Gasteiger partial charge >= 0.3 is 0 Å². The summed E-state index contributed by atoms with van der Waals surface area (Å²) in [7, 11) is 1.67. The zero-order valence-corrected chi connectivity index (χ0v) is 18.8. The molecule has 5 heteroatoms. The van der Waals surface area contributed by atoms with Crippen LogP contribution in [-0.2, 0) is 6.54 Å². The largest absolute Gasteiger partial charge is 0.497 e. The van der Waals surface area contributed by atoms with Gasteiger partial charge in [0.1, 0.15) is 11.6 Å². The van der Waals surface area contributed by atoms with Crippen LogP contribution in [0.2, 0.25) is 0 Å². The Bertz CT molecular complexity index is 1370. The van der Waals surface area contributed by atoms with Crippen molar-refractivity contribution >= 4 is 5.82 Å². The van der Waals surface area contributed by atoms with E-state index in [0.29, 0.717) is 12.4 Å². The normalized spacial score (nSPS) is 10.6. The molecule has 3 aromatic carbocycles. The highest BCUT2D eigenvalue weighted by Crippen LogP contribution is 2.28. The number of anilines is 1. The molecule has 2 heterocycles. The third-order valence-corrected chi connectivity index (χ3v) is 5.53. The van der Waals surface area contributed by atoms with Gasteiger partial charge in [0.15, 0.2) is 5.82 Å². The Hall–Kier alpha value is -4.51. The Morgan fingerprint density at radius 2 is 1.38 bits per heavy atom. The number of hydrogen-bond acceptors (Lipinski definition) is 5. The van der Waals surface area contributed by atoms with E-state index in [4.69, 9.17) is 14.7 Å². The number of methoxy groups -OCH3 is 1. The molecular formula is C29H24N4O. The molecule has 0 aliphatic carbocycles. The topological polar surface area (TPSA) is 59.9 Å². The molecular weight excluding hydrogens is 420 g/mol. The maximum Gasteiger partial charge on any atom is 0.162 e. The van der Waals surface area contributed by atoms with E-state index in [0.717, 1.165) is 39.5 Å². The van der Waals surface area contributed by atoms with Gasteiger partial charge in [0, 0.05) is 41.7 Å². The fraction of sp³-hybridized carbons (Fsp3) is 0.0690. The number of pyridine rings is 1. The first-order chi connectivity index (χ1) is 16.8. The number of benzene rings is 3. The van der Waals surface area contributed by atoms with Gasteiger partial charge in [-0.15, -0.1) is 0 Å². The molecule has 1 N–H and O–H groups in total. The van der Waals surface area contributed by atoms with E-state index >= 15 is 0 Å². The van der Waals surface area contributed by atoms with E-state index in [1.54, 1.807) is 7.11 Å². The first-order valence-electron chi connectivity index (χ1n) is 11.1. The molecule has 0 bridgehead atoms. The molecule has 5 aromatic rings. The Balaban J connectivity index is 1.52. The van der Waals surface area contributed by atoms with Gasteiger partial charge in [-0.25, -0.2) is 9.97 Å². The number of aromatic nitrogens is 3. The van der Waals surface area contributed by atoms with Gasteiger partial charge in [-0.2, -0.15) is 0 Å². The van der Waals surface area contributed by atoms with Crippen LogP contribution in [0, 0.1) is 0 Å². The highest BCUT2D eigenvalue weighted by atomic mass is 16.5. The van der Waals surface area contributed by atoms with Gasteiger partial charge in [-0.3, -0.25) is 4.98 Å². The molecule has 0 radical (unpaired) electrons. The predicted octanol–water partition coefficient (Wildman–Crippen LogP) is 6.49. The van der Waals surface area contributed by atoms with Crippen LogP contribution >= 0.6 is 0 Å². The quantitative estimate of drug-likeness (QED) is 0.311. The van der Waals surface area contributed by atoms with Crippen molar-refractivity contribution in [2.45, 2.75) is 6.54 Å². The molecule has 0 aliphatic heterocycles. The average molecular weight is 445 g/mol. The monoisotopic (exact) mass is 444 g/mol. The molecule has 0 amide bonds. The minimum absolute atomic E-state index is 0.670. The van der Waals surface area contributed by atoms with Crippen molar-refractivity contribution in [3.05, 3.63) is 115 Å². The summed E-state index contributed by atoms with van der Waals surface area (Å²) in [4.78, 5) is 14.2. The fourth-order valence-electron chi connectivity index (χ4n) is 3.71. The highest BCUT2D eigenvalue weighted by Gasteiger charge is 2.11. The second-order valence-corrected chi connectivity index (χ2v) is 7.86. The van der Waals surface area contributed by atoms with Gasteiger partial charge in [0.25, 0.3) is 0 Å². The number of nitrogens with one attached hydrogen (secondary N) is 1. The number of hydrogen-bond donors (Lipinski definition) is 1. The van der Waals surface area contributed by atoms with Gasteiger partial charge in [0.2, 0.25) is 0 Å². The van der Waals surface area contributed by atoms with Crippen LogP contribution in [0.5, 0.6) is 5.75 Å².